The van der Waals surface area contributed by atoms with Crippen molar-refractivity contribution >= 4 is 0 Å². The van der Waals surface area contributed by atoms with E-state index >= 15 is 0 Å². The van der Waals surface area contributed by atoms with E-state index in [1.165, 1.54) is 6.42 Å². The van der Waals surface area contributed by atoms with Gasteiger partial charge >= 0.3 is 0 Å². The summed E-state index contributed by atoms with van der Waals surface area (Å²) in [7, 11) is 0. The van der Waals surface area contributed by atoms with E-state index in [2.05, 4.69) is 39.1 Å². The van der Waals surface area contributed by atoms with Gasteiger partial charge in [0, 0.05) is 0 Å². The van der Waals surface area contributed by atoms with Gasteiger partial charge in [0.2, 0.25) is 0 Å². The molecule has 2 heteroatoms. The van der Waals surface area contributed by atoms with Gasteiger partial charge in [-0.05, 0) is 43.4 Å². The topological polar surface area (TPSA) is 25.2 Å². The standard InChI is InChI=1S/C14H25NO/c1-5-10-15-12(8-9-14(2,3)4)13-7-6-11-16-13/h6-7,11-12,15H,5,8-10H2,1-4H3. The van der Waals surface area contributed by atoms with Gasteiger partial charge in [0.15, 0.2) is 0 Å². The molecule has 0 spiro atoms. The lowest BCUT2D eigenvalue weighted by Gasteiger charge is -2.22. The Morgan fingerprint density at radius 3 is 2.62 bits per heavy atom. The number of rotatable bonds is 6. The van der Waals surface area contributed by atoms with Crippen LogP contribution in [-0.4, -0.2) is 6.54 Å². The summed E-state index contributed by atoms with van der Waals surface area (Å²) in [4.78, 5) is 0. The Kier molecular flexibility index (Phi) is 5.07. The van der Waals surface area contributed by atoms with Crippen molar-refractivity contribution in [1.82, 2.24) is 5.32 Å². The second kappa shape index (κ2) is 6.09. The average Bonchev–Trinajstić information content (AvgIpc) is 2.69. The molecule has 0 aliphatic rings. The molecule has 1 aromatic heterocycles. The van der Waals surface area contributed by atoms with Crippen molar-refractivity contribution in [2.75, 3.05) is 6.54 Å². The highest BCUT2D eigenvalue weighted by Crippen LogP contribution is 2.27. The van der Waals surface area contributed by atoms with Crippen LogP contribution in [-0.2, 0) is 0 Å². The molecule has 0 aliphatic heterocycles. The van der Waals surface area contributed by atoms with Gasteiger partial charge in [-0.25, -0.2) is 0 Å². The molecule has 2 nitrogen and oxygen atoms in total. The van der Waals surface area contributed by atoms with Gasteiger partial charge in [0.05, 0.1) is 12.3 Å². The predicted octanol–water partition coefficient (Wildman–Crippen LogP) is 4.15. The molecule has 1 atom stereocenters. The summed E-state index contributed by atoms with van der Waals surface area (Å²) in [5, 5.41) is 3.55. The molecule has 0 aliphatic carbocycles. The normalized spacial score (nSPS) is 14.0. The van der Waals surface area contributed by atoms with Crippen LogP contribution in [0.3, 0.4) is 0 Å². The summed E-state index contributed by atoms with van der Waals surface area (Å²) in [5.41, 5.74) is 0.388. The third-order valence-electron chi connectivity index (χ3n) is 2.71. The van der Waals surface area contributed by atoms with Gasteiger partial charge in [-0.15, -0.1) is 0 Å². The highest BCUT2D eigenvalue weighted by atomic mass is 16.3. The fraction of sp³-hybridized carbons (Fsp3) is 0.714. The predicted molar refractivity (Wildman–Crippen MR) is 68.4 cm³/mol. The molecular formula is C14H25NO. The molecule has 0 amide bonds. The van der Waals surface area contributed by atoms with Crippen LogP contribution in [0.4, 0.5) is 0 Å². The lowest BCUT2D eigenvalue weighted by atomic mass is 9.88. The summed E-state index contributed by atoms with van der Waals surface area (Å²) in [6, 6.07) is 4.40. The summed E-state index contributed by atoms with van der Waals surface area (Å²) in [5.74, 6) is 1.07. The lowest BCUT2D eigenvalue weighted by Crippen LogP contribution is -2.23. The molecule has 1 unspecified atom stereocenters. The quantitative estimate of drug-likeness (QED) is 0.784. The summed E-state index contributed by atoms with van der Waals surface area (Å²) >= 11 is 0. The first kappa shape index (κ1) is 13.3. The average molecular weight is 223 g/mol. The van der Waals surface area contributed by atoms with Crippen molar-refractivity contribution in [1.29, 1.82) is 0 Å². The number of nitrogens with one attached hydrogen (secondary N) is 1. The lowest BCUT2D eigenvalue weighted by molar-refractivity contribution is 0.310. The van der Waals surface area contributed by atoms with E-state index in [0.29, 0.717) is 11.5 Å². The maximum absolute atomic E-state index is 5.50. The monoisotopic (exact) mass is 223 g/mol. The van der Waals surface area contributed by atoms with E-state index in [-0.39, 0.29) is 0 Å². The molecule has 1 rings (SSSR count). The van der Waals surface area contributed by atoms with E-state index in [9.17, 15) is 0 Å². The van der Waals surface area contributed by atoms with Crippen LogP contribution in [0.15, 0.2) is 22.8 Å². The van der Waals surface area contributed by atoms with Gasteiger partial charge in [-0.1, -0.05) is 27.7 Å². The molecule has 1 aromatic rings. The van der Waals surface area contributed by atoms with Crippen LogP contribution < -0.4 is 5.32 Å². The number of furan rings is 1. The van der Waals surface area contributed by atoms with Crippen LogP contribution in [0, 0.1) is 5.41 Å². The first-order chi connectivity index (χ1) is 7.53. The zero-order valence-electron chi connectivity index (χ0n) is 11.0. The van der Waals surface area contributed by atoms with E-state index in [4.69, 9.17) is 4.42 Å². The third kappa shape index (κ3) is 4.84. The van der Waals surface area contributed by atoms with Gasteiger partial charge in [0.1, 0.15) is 5.76 Å². The van der Waals surface area contributed by atoms with Crippen molar-refractivity contribution in [2.24, 2.45) is 5.41 Å². The zero-order chi connectivity index (χ0) is 12.0. The molecular weight excluding hydrogens is 198 g/mol. The Morgan fingerprint density at radius 2 is 2.12 bits per heavy atom. The maximum atomic E-state index is 5.50. The molecule has 1 heterocycles. The maximum Gasteiger partial charge on any atom is 0.120 e. The molecule has 92 valence electrons. The molecule has 0 saturated heterocycles. The minimum absolute atomic E-state index is 0.370. The van der Waals surface area contributed by atoms with Crippen molar-refractivity contribution in [2.45, 2.75) is 53.0 Å². The zero-order valence-corrected chi connectivity index (χ0v) is 11.0. The molecule has 16 heavy (non-hydrogen) atoms. The van der Waals surface area contributed by atoms with Crippen LogP contribution >= 0.6 is 0 Å². The van der Waals surface area contributed by atoms with Crippen LogP contribution in [0.1, 0.15) is 58.8 Å². The highest BCUT2D eigenvalue weighted by Gasteiger charge is 2.17. The van der Waals surface area contributed by atoms with E-state index in [0.717, 1.165) is 25.1 Å². The second-order valence-corrected chi connectivity index (χ2v) is 5.62. The van der Waals surface area contributed by atoms with Gasteiger partial charge in [0.25, 0.3) is 0 Å². The number of hydrogen-bond donors (Lipinski definition) is 1. The molecule has 0 aromatic carbocycles. The van der Waals surface area contributed by atoms with Crippen molar-refractivity contribution in [3.63, 3.8) is 0 Å². The highest BCUT2D eigenvalue weighted by molar-refractivity contribution is 5.04. The van der Waals surface area contributed by atoms with E-state index < -0.39 is 0 Å². The molecule has 0 saturated carbocycles. The Bertz CT molecular complexity index is 271. The molecule has 1 N–H and O–H groups in total. The summed E-state index contributed by atoms with van der Waals surface area (Å²) in [6.45, 7) is 10.1. The SMILES string of the molecule is CCCNC(CCC(C)(C)C)c1ccco1. The smallest absolute Gasteiger partial charge is 0.120 e. The first-order valence-electron chi connectivity index (χ1n) is 6.29. The minimum Gasteiger partial charge on any atom is -0.468 e. The molecule has 0 fully saturated rings. The van der Waals surface area contributed by atoms with E-state index in [1.54, 1.807) is 6.26 Å². The Labute approximate surface area is 99.4 Å². The first-order valence-corrected chi connectivity index (χ1v) is 6.29. The fourth-order valence-electron chi connectivity index (χ4n) is 1.73. The summed E-state index contributed by atoms with van der Waals surface area (Å²) < 4.78 is 5.50. The van der Waals surface area contributed by atoms with Gasteiger partial charge in [-0.3, -0.25) is 0 Å². The van der Waals surface area contributed by atoms with Crippen molar-refractivity contribution < 1.29 is 4.42 Å². The van der Waals surface area contributed by atoms with Crippen LogP contribution in [0.5, 0.6) is 0 Å². The van der Waals surface area contributed by atoms with E-state index in [1.807, 2.05) is 6.07 Å². The number of hydrogen-bond acceptors (Lipinski definition) is 2. The Hall–Kier alpha value is -0.760. The third-order valence-corrected chi connectivity index (χ3v) is 2.71. The van der Waals surface area contributed by atoms with Crippen molar-refractivity contribution in [3.8, 4) is 0 Å². The van der Waals surface area contributed by atoms with Crippen molar-refractivity contribution in [3.05, 3.63) is 24.2 Å². The Balaban J connectivity index is 2.51. The minimum atomic E-state index is 0.370. The second-order valence-electron chi connectivity index (χ2n) is 5.62. The van der Waals surface area contributed by atoms with Gasteiger partial charge < -0.3 is 9.73 Å². The Morgan fingerprint density at radius 1 is 1.38 bits per heavy atom. The van der Waals surface area contributed by atoms with Crippen LogP contribution in [0.2, 0.25) is 0 Å². The fourth-order valence-corrected chi connectivity index (χ4v) is 1.73. The molecule has 0 radical (unpaired) electrons. The van der Waals surface area contributed by atoms with Gasteiger partial charge in [-0.2, -0.15) is 0 Å². The summed E-state index contributed by atoms with van der Waals surface area (Å²) in [6.07, 6.45) is 5.26. The largest absolute Gasteiger partial charge is 0.468 e. The molecule has 0 bridgehead atoms. The van der Waals surface area contributed by atoms with Crippen LogP contribution in [0.25, 0.3) is 0 Å².